The van der Waals surface area contributed by atoms with E-state index in [0.717, 1.165) is 16.5 Å². The Labute approximate surface area is 161 Å². The molecule has 1 heterocycles. The molecule has 6 nitrogen and oxygen atoms in total. The Bertz CT molecular complexity index is 1230. The van der Waals surface area contributed by atoms with Crippen molar-refractivity contribution < 1.29 is 4.79 Å². The van der Waals surface area contributed by atoms with Crippen LogP contribution in [0.1, 0.15) is 12.2 Å². The van der Waals surface area contributed by atoms with Crippen LogP contribution in [0.3, 0.4) is 0 Å². The summed E-state index contributed by atoms with van der Waals surface area (Å²) in [5, 5.41) is 5.64. The molecule has 0 saturated heterocycles. The summed E-state index contributed by atoms with van der Waals surface area (Å²) in [5.41, 5.74) is 4.25. The number of fused-ring (bicyclic) bond motifs is 2. The molecule has 28 heavy (non-hydrogen) atoms. The Morgan fingerprint density at radius 2 is 1.75 bits per heavy atom. The van der Waals surface area contributed by atoms with Crippen molar-refractivity contribution in [2.45, 2.75) is 13.3 Å². The van der Waals surface area contributed by atoms with Crippen LogP contribution >= 0.6 is 0 Å². The monoisotopic (exact) mass is 372 g/mol. The number of carbonyl (C=O) groups is 1. The van der Waals surface area contributed by atoms with Crippen molar-refractivity contribution in [2.24, 2.45) is 0 Å². The van der Waals surface area contributed by atoms with Gasteiger partial charge in [-0.2, -0.15) is 0 Å². The van der Waals surface area contributed by atoms with E-state index in [1.54, 1.807) is 13.0 Å². The average molecular weight is 372 g/mol. The van der Waals surface area contributed by atoms with Crippen molar-refractivity contribution in [3.05, 3.63) is 82.9 Å². The van der Waals surface area contributed by atoms with Crippen molar-refractivity contribution in [3.63, 3.8) is 0 Å². The molecule has 0 atom stereocenters. The van der Waals surface area contributed by atoms with Crippen molar-refractivity contribution in [2.75, 3.05) is 17.3 Å². The topological polar surface area (TPSA) is 76.0 Å². The molecule has 0 spiro atoms. The molecule has 0 bridgehead atoms. The minimum absolute atomic E-state index is 0.123. The molecule has 0 fully saturated rings. The maximum atomic E-state index is 12.6. The van der Waals surface area contributed by atoms with Crippen LogP contribution in [-0.2, 0) is 4.79 Å². The van der Waals surface area contributed by atoms with Crippen molar-refractivity contribution in [1.82, 2.24) is 9.66 Å². The van der Waals surface area contributed by atoms with E-state index in [1.165, 1.54) is 4.68 Å². The average Bonchev–Trinajstić information content (AvgIpc) is 2.70. The van der Waals surface area contributed by atoms with Crippen molar-refractivity contribution >= 4 is 33.3 Å². The highest BCUT2D eigenvalue weighted by Gasteiger charge is 2.08. The number of anilines is 1. The summed E-state index contributed by atoms with van der Waals surface area (Å²) < 4.78 is 1.39. The number of benzene rings is 3. The standard InChI is InChI=1S/C22H20N4O2/c1-15-24-20-9-5-4-8-19(20)22(28)26(15)23-13-12-21(27)25-18-11-10-16-6-2-3-7-17(16)14-18/h2-11,14,23H,12-13H2,1H3,(H,25,27). The first kappa shape index (κ1) is 17.7. The lowest BCUT2D eigenvalue weighted by atomic mass is 10.1. The number of carbonyl (C=O) groups excluding carboxylic acids is 1. The Hall–Kier alpha value is -3.67. The molecule has 6 heteroatoms. The zero-order valence-electron chi connectivity index (χ0n) is 15.5. The first-order valence-corrected chi connectivity index (χ1v) is 9.13. The lowest BCUT2D eigenvalue weighted by molar-refractivity contribution is -0.116. The Kier molecular flexibility index (Phi) is 4.76. The molecule has 0 saturated carbocycles. The van der Waals surface area contributed by atoms with Gasteiger partial charge in [0.15, 0.2) is 0 Å². The number of nitrogens with zero attached hydrogens (tertiary/aromatic N) is 2. The van der Waals surface area contributed by atoms with Crippen LogP contribution in [0.2, 0.25) is 0 Å². The SMILES string of the molecule is Cc1nc2ccccc2c(=O)n1NCCC(=O)Nc1ccc2ccccc2c1. The first-order chi connectivity index (χ1) is 13.6. The summed E-state index contributed by atoms with van der Waals surface area (Å²) in [6, 6.07) is 21.0. The summed E-state index contributed by atoms with van der Waals surface area (Å²) in [6.45, 7) is 2.08. The number of hydrogen-bond donors (Lipinski definition) is 2. The molecular weight excluding hydrogens is 352 g/mol. The lowest BCUT2D eigenvalue weighted by Crippen LogP contribution is -2.33. The number of para-hydroxylation sites is 1. The second-order valence-electron chi connectivity index (χ2n) is 6.58. The molecule has 3 aromatic carbocycles. The molecule has 0 radical (unpaired) electrons. The summed E-state index contributed by atoms with van der Waals surface area (Å²) >= 11 is 0. The number of aryl methyl sites for hydroxylation is 1. The molecule has 2 N–H and O–H groups in total. The molecule has 1 aromatic heterocycles. The highest BCUT2D eigenvalue weighted by atomic mass is 16.2. The normalized spacial score (nSPS) is 10.9. The van der Waals surface area contributed by atoms with Gasteiger partial charge >= 0.3 is 0 Å². The molecule has 1 amide bonds. The van der Waals surface area contributed by atoms with Gasteiger partial charge in [-0.15, -0.1) is 0 Å². The Balaban J connectivity index is 1.41. The van der Waals surface area contributed by atoms with E-state index in [1.807, 2.05) is 60.7 Å². The lowest BCUT2D eigenvalue weighted by Gasteiger charge is -2.13. The summed E-state index contributed by atoms with van der Waals surface area (Å²) in [6.07, 6.45) is 0.228. The highest BCUT2D eigenvalue weighted by Crippen LogP contribution is 2.18. The fraction of sp³-hybridized carbons (Fsp3) is 0.136. The van der Waals surface area contributed by atoms with Crippen LogP contribution in [0.5, 0.6) is 0 Å². The third-order valence-electron chi connectivity index (χ3n) is 4.60. The molecule has 0 unspecified atom stereocenters. The largest absolute Gasteiger partial charge is 0.326 e. The van der Waals surface area contributed by atoms with Gasteiger partial charge in [-0.25, -0.2) is 9.66 Å². The van der Waals surface area contributed by atoms with Crippen LogP contribution in [0.25, 0.3) is 21.7 Å². The zero-order valence-corrected chi connectivity index (χ0v) is 15.5. The molecule has 4 rings (SSSR count). The summed E-state index contributed by atoms with van der Waals surface area (Å²) in [5.74, 6) is 0.431. The van der Waals surface area contributed by atoms with Gasteiger partial charge in [0.05, 0.1) is 10.9 Å². The molecule has 140 valence electrons. The third-order valence-corrected chi connectivity index (χ3v) is 4.60. The highest BCUT2D eigenvalue weighted by molar-refractivity contribution is 5.94. The fourth-order valence-electron chi connectivity index (χ4n) is 3.20. The van der Waals surface area contributed by atoms with Gasteiger partial charge in [0.1, 0.15) is 5.82 Å². The van der Waals surface area contributed by atoms with Gasteiger partial charge in [-0.05, 0) is 42.0 Å². The third kappa shape index (κ3) is 3.57. The molecule has 0 aliphatic carbocycles. The quantitative estimate of drug-likeness (QED) is 0.563. The molecular formula is C22H20N4O2. The summed E-state index contributed by atoms with van der Waals surface area (Å²) in [4.78, 5) is 29.3. The van der Waals surface area contributed by atoms with Gasteiger partial charge in [0.2, 0.25) is 5.91 Å². The van der Waals surface area contributed by atoms with Crippen LogP contribution < -0.4 is 16.3 Å². The first-order valence-electron chi connectivity index (χ1n) is 9.13. The minimum atomic E-state index is -0.168. The Morgan fingerprint density at radius 1 is 1.00 bits per heavy atom. The van der Waals surface area contributed by atoms with E-state index in [9.17, 15) is 9.59 Å². The van der Waals surface area contributed by atoms with Gasteiger partial charge < -0.3 is 10.7 Å². The smallest absolute Gasteiger partial charge is 0.279 e. The predicted molar refractivity (Wildman–Crippen MR) is 112 cm³/mol. The second kappa shape index (κ2) is 7.52. The maximum absolute atomic E-state index is 12.6. The van der Waals surface area contributed by atoms with Crippen molar-refractivity contribution in [3.8, 4) is 0 Å². The second-order valence-corrected chi connectivity index (χ2v) is 6.58. The van der Waals surface area contributed by atoms with E-state index < -0.39 is 0 Å². The van der Waals surface area contributed by atoms with Crippen LogP contribution in [0.15, 0.2) is 71.5 Å². The van der Waals surface area contributed by atoms with E-state index in [-0.39, 0.29) is 17.9 Å². The molecule has 4 aromatic rings. The van der Waals surface area contributed by atoms with E-state index in [4.69, 9.17) is 0 Å². The Morgan fingerprint density at radius 3 is 2.61 bits per heavy atom. The van der Waals surface area contributed by atoms with Crippen molar-refractivity contribution in [1.29, 1.82) is 0 Å². The van der Waals surface area contributed by atoms with Gasteiger partial charge in [0, 0.05) is 18.7 Å². The number of nitrogens with one attached hydrogen (secondary N) is 2. The maximum Gasteiger partial charge on any atom is 0.279 e. The van der Waals surface area contributed by atoms with Crippen LogP contribution in [0, 0.1) is 6.92 Å². The van der Waals surface area contributed by atoms with Crippen LogP contribution in [-0.4, -0.2) is 22.1 Å². The van der Waals surface area contributed by atoms with Gasteiger partial charge in [-0.1, -0.05) is 42.5 Å². The van der Waals surface area contributed by atoms with E-state index in [0.29, 0.717) is 23.3 Å². The van der Waals surface area contributed by atoms with Gasteiger partial charge in [0.25, 0.3) is 5.56 Å². The number of rotatable bonds is 5. The fourth-order valence-corrected chi connectivity index (χ4v) is 3.20. The predicted octanol–water partition coefficient (Wildman–Crippen LogP) is 3.43. The number of aromatic nitrogens is 2. The van der Waals surface area contributed by atoms with E-state index >= 15 is 0 Å². The molecule has 0 aliphatic heterocycles. The molecule has 0 aliphatic rings. The minimum Gasteiger partial charge on any atom is -0.326 e. The summed E-state index contributed by atoms with van der Waals surface area (Å²) in [7, 11) is 0. The van der Waals surface area contributed by atoms with E-state index in [2.05, 4.69) is 15.7 Å². The number of hydrogen-bond acceptors (Lipinski definition) is 4. The van der Waals surface area contributed by atoms with Crippen LogP contribution in [0.4, 0.5) is 5.69 Å². The zero-order chi connectivity index (χ0) is 19.5. The number of amides is 1. The van der Waals surface area contributed by atoms with Gasteiger partial charge in [-0.3, -0.25) is 9.59 Å².